The topological polar surface area (TPSA) is 56.1 Å². The van der Waals surface area contributed by atoms with Gasteiger partial charge in [-0.1, -0.05) is 62.3 Å². The van der Waals surface area contributed by atoms with Gasteiger partial charge in [0.25, 0.3) is 0 Å². The number of aliphatic carboxylic acids is 1. The van der Waals surface area contributed by atoms with Crippen LogP contribution in [0.4, 0.5) is 0 Å². The molecule has 2 saturated heterocycles. The fourth-order valence-electron chi connectivity index (χ4n) is 4.93. The SMILES string of the molecule is CC(C)(C)C1=NC(C(C)(C)C)C(C(C)(C)C)=C2C(N3CC(C(=O)O)C3)CCN12. The Bertz CT molecular complexity index is 710. The molecule has 0 aromatic rings. The third-order valence-corrected chi connectivity index (χ3v) is 6.29. The molecule has 0 spiro atoms. The molecule has 2 atom stereocenters. The van der Waals surface area contributed by atoms with Crippen molar-refractivity contribution in [1.29, 1.82) is 0 Å². The first kappa shape index (κ1) is 21.4. The quantitative estimate of drug-likeness (QED) is 0.767. The second kappa shape index (κ2) is 6.58. The Morgan fingerprint density at radius 3 is 2.00 bits per heavy atom. The first-order valence-corrected chi connectivity index (χ1v) is 10.7. The van der Waals surface area contributed by atoms with Gasteiger partial charge >= 0.3 is 5.97 Å². The summed E-state index contributed by atoms with van der Waals surface area (Å²) in [6, 6.07) is 0.452. The molecule has 158 valence electrons. The van der Waals surface area contributed by atoms with Gasteiger partial charge < -0.3 is 10.0 Å². The molecule has 0 aromatic heterocycles. The van der Waals surface area contributed by atoms with Crippen molar-refractivity contribution in [3.63, 3.8) is 0 Å². The number of hydrogen-bond acceptors (Lipinski definition) is 4. The van der Waals surface area contributed by atoms with Crippen molar-refractivity contribution in [2.24, 2.45) is 27.2 Å². The van der Waals surface area contributed by atoms with Gasteiger partial charge in [-0.2, -0.15) is 0 Å². The predicted octanol–water partition coefficient (Wildman–Crippen LogP) is 4.25. The summed E-state index contributed by atoms with van der Waals surface area (Å²) in [7, 11) is 0. The molecule has 5 heteroatoms. The van der Waals surface area contributed by atoms with E-state index in [9.17, 15) is 9.90 Å². The van der Waals surface area contributed by atoms with Crippen LogP contribution in [0.5, 0.6) is 0 Å². The largest absolute Gasteiger partial charge is 0.481 e. The fraction of sp³-hybridized carbons (Fsp3) is 0.826. The van der Waals surface area contributed by atoms with Gasteiger partial charge in [0.1, 0.15) is 5.84 Å². The highest BCUT2D eigenvalue weighted by Crippen LogP contribution is 2.49. The zero-order chi connectivity index (χ0) is 21.2. The third-order valence-electron chi connectivity index (χ3n) is 6.29. The van der Waals surface area contributed by atoms with Crippen molar-refractivity contribution in [2.75, 3.05) is 19.6 Å². The number of fused-ring (bicyclic) bond motifs is 1. The van der Waals surface area contributed by atoms with Crippen LogP contribution < -0.4 is 0 Å². The van der Waals surface area contributed by atoms with E-state index in [0.717, 1.165) is 13.0 Å². The highest BCUT2D eigenvalue weighted by Gasteiger charge is 2.50. The standard InChI is InChI=1S/C23H39N3O2/c1-21(2,3)16-17-15(25-12-14(13-25)19(27)28)10-11-26(17)20(23(7,8)9)24-18(16)22(4,5)6/h14-15,18H,10-13H2,1-9H3,(H,27,28). The number of carbonyl (C=O) groups is 1. The van der Waals surface area contributed by atoms with Gasteiger partial charge in [-0.05, 0) is 22.8 Å². The lowest BCUT2D eigenvalue weighted by atomic mass is 9.70. The maximum atomic E-state index is 11.3. The monoisotopic (exact) mass is 389 g/mol. The van der Waals surface area contributed by atoms with Gasteiger partial charge in [0.15, 0.2) is 0 Å². The average Bonchev–Trinajstić information content (AvgIpc) is 2.84. The predicted molar refractivity (Wildman–Crippen MR) is 114 cm³/mol. The molecule has 3 aliphatic rings. The van der Waals surface area contributed by atoms with Crippen molar-refractivity contribution < 1.29 is 9.90 Å². The average molecular weight is 390 g/mol. The van der Waals surface area contributed by atoms with E-state index in [1.165, 1.54) is 17.1 Å². The minimum atomic E-state index is -0.663. The summed E-state index contributed by atoms with van der Waals surface area (Å²) < 4.78 is 0. The summed E-state index contributed by atoms with van der Waals surface area (Å²) in [4.78, 5) is 21.6. The Morgan fingerprint density at radius 2 is 1.57 bits per heavy atom. The van der Waals surface area contributed by atoms with E-state index < -0.39 is 5.97 Å². The second-order valence-electron chi connectivity index (χ2n) is 12.0. The van der Waals surface area contributed by atoms with E-state index in [0.29, 0.717) is 19.1 Å². The number of hydrogen-bond donors (Lipinski definition) is 1. The molecule has 3 heterocycles. The van der Waals surface area contributed by atoms with Gasteiger partial charge in [0.2, 0.25) is 0 Å². The molecule has 3 rings (SSSR count). The molecule has 1 N–H and O–H groups in total. The highest BCUT2D eigenvalue weighted by atomic mass is 16.4. The summed E-state index contributed by atoms with van der Waals surface area (Å²) in [6.07, 6.45) is 1.05. The van der Waals surface area contributed by atoms with Gasteiger partial charge in [-0.3, -0.25) is 14.7 Å². The molecule has 2 fully saturated rings. The van der Waals surface area contributed by atoms with Crippen molar-refractivity contribution in [1.82, 2.24) is 9.80 Å². The Morgan fingerprint density at radius 1 is 1.00 bits per heavy atom. The summed E-state index contributed by atoms with van der Waals surface area (Å²) in [5.41, 5.74) is 2.87. The van der Waals surface area contributed by atoms with Gasteiger partial charge in [0.05, 0.1) is 18.0 Å². The molecule has 0 saturated carbocycles. The summed E-state index contributed by atoms with van der Waals surface area (Å²) in [5, 5.41) is 9.34. The van der Waals surface area contributed by atoms with Crippen LogP contribution in [0.25, 0.3) is 0 Å². The molecule has 0 aliphatic carbocycles. The molecular formula is C23H39N3O2. The molecule has 0 amide bonds. The van der Waals surface area contributed by atoms with E-state index in [4.69, 9.17) is 4.99 Å². The number of carboxylic acid groups (broad SMARTS) is 1. The Labute approximate surface area is 170 Å². The molecule has 2 unspecified atom stereocenters. The molecule has 0 bridgehead atoms. The van der Waals surface area contributed by atoms with Crippen LogP contribution in [0.1, 0.15) is 68.7 Å². The first-order chi connectivity index (χ1) is 12.6. The molecule has 0 radical (unpaired) electrons. The number of rotatable bonds is 2. The van der Waals surface area contributed by atoms with E-state index >= 15 is 0 Å². The van der Waals surface area contributed by atoms with Crippen LogP contribution in [-0.4, -0.2) is 58.4 Å². The van der Waals surface area contributed by atoms with E-state index in [-0.39, 0.29) is 28.2 Å². The molecular weight excluding hydrogens is 350 g/mol. The lowest BCUT2D eigenvalue weighted by Crippen LogP contribution is -2.56. The van der Waals surface area contributed by atoms with E-state index in [1.54, 1.807) is 0 Å². The van der Waals surface area contributed by atoms with Crippen molar-refractivity contribution in [3.05, 3.63) is 11.3 Å². The van der Waals surface area contributed by atoms with Crippen LogP contribution in [0, 0.1) is 22.2 Å². The summed E-state index contributed by atoms with van der Waals surface area (Å²) in [5.74, 6) is 0.308. The number of nitrogens with zero attached hydrogens (tertiary/aromatic N) is 3. The Hall–Kier alpha value is -1.36. The summed E-state index contributed by atoms with van der Waals surface area (Å²) in [6.45, 7) is 22.8. The lowest BCUT2D eigenvalue weighted by molar-refractivity contribution is -0.148. The third kappa shape index (κ3) is 3.62. The molecule has 0 aromatic carbocycles. The summed E-state index contributed by atoms with van der Waals surface area (Å²) >= 11 is 0. The minimum absolute atomic E-state index is 0.0120. The number of amidine groups is 1. The van der Waals surface area contributed by atoms with E-state index in [2.05, 4.69) is 72.1 Å². The number of carboxylic acids is 1. The zero-order valence-corrected chi connectivity index (χ0v) is 19.3. The van der Waals surface area contributed by atoms with Crippen molar-refractivity contribution >= 4 is 11.8 Å². The lowest BCUT2D eigenvalue weighted by Gasteiger charge is -2.49. The fourth-order valence-corrected chi connectivity index (χ4v) is 4.93. The Balaban J connectivity index is 2.10. The van der Waals surface area contributed by atoms with Crippen LogP contribution in [0.2, 0.25) is 0 Å². The van der Waals surface area contributed by atoms with Crippen molar-refractivity contribution in [2.45, 2.75) is 80.8 Å². The van der Waals surface area contributed by atoms with Gasteiger partial charge in [-0.15, -0.1) is 0 Å². The molecule has 5 nitrogen and oxygen atoms in total. The number of likely N-dealkylation sites (tertiary alicyclic amines) is 1. The van der Waals surface area contributed by atoms with Crippen LogP contribution in [0.15, 0.2) is 16.3 Å². The van der Waals surface area contributed by atoms with E-state index in [1.807, 2.05) is 0 Å². The highest BCUT2D eigenvalue weighted by molar-refractivity contribution is 5.91. The van der Waals surface area contributed by atoms with Gasteiger partial charge in [-0.25, -0.2) is 0 Å². The van der Waals surface area contributed by atoms with Crippen molar-refractivity contribution in [3.8, 4) is 0 Å². The van der Waals surface area contributed by atoms with Gasteiger partial charge in [0, 0.05) is 30.7 Å². The smallest absolute Gasteiger partial charge is 0.309 e. The maximum absolute atomic E-state index is 11.3. The molecule has 3 aliphatic heterocycles. The normalized spacial score (nSPS) is 27.6. The first-order valence-electron chi connectivity index (χ1n) is 10.7. The van der Waals surface area contributed by atoms with Crippen LogP contribution in [-0.2, 0) is 4.79 Å². The molecule has 28 heavy (non-hydrogen) atoms. The minimum Gasteiger partial charge on any atom is -0.481 e. The van der Waals surface area contributed by atoms with Crippen LogP contribution >= 0.6 is 0 Å². The Kier molecular flexibility index (Phi) is 5.02. The number of aliphatic imine (C=N–C) groups is 1. The zero-order valence-electron chi connectivity index (χ0n) is 19.3. The second-order valence-corrected chi connectivity index (χ2v) is 12.0. The maximum Gasteiger partial charge on any atom is 0.309 e. The van der Waals surface area contributed by atoms with Crippen LogP contribution in [0.3, 0.4) is 0 Å².